The van der Waals surface area contributed by atoms with Gasteiger partial charge in [0.05, 0.1) is 11.0 Å². The number of carboxylic acids is 1. The fourth-order valence-electron chi connectivity index (χ4n) is 1.70. The standard InChI is InChI=1S/C14H20N2O5/c1-5-14(4,13(17)18)15-10-6-7-11(16(19)20)12(8-10)21-9(2)3/h6-9,15H,5H2,1-4H3,(H,17,18). The molecule has 7 nitrogen and oxygen atoms in total. The quantitative estimate of drug-likeness (QED) is 0.592. The highest BCUT2D eigenvalue weighted by Gasteiger charge is 2.31. The van der Waals surface area contributed by atoms with Crippen molar-refractivity contribution in [3.05, 3.63) is 28.3 Å². The Bertz CT molecular complexity index is 544. The highest BCUT2D eigenvalue weighted by Crippen LogP contribution is 2.32. The second-order valence-electron chi connectivity index (χ2n) is 5.22. The van der Waals surface area contributed by atoms with E-state index < -0.39 is 16.4 Å². The number of ether oxygens (including phenoxy) is 1. The van der Waals surface area contributed by atoms with Crippen LogP contribution in [0.1, 0.15) is 34.1 Å². The van der Waals surface area contributed by atoms with E-state index in [0.29, 0.717) is 12.1 Å². The summed E-state index contributed by atoms with van der Waals surface area (Å²) in [7, 11) is 0. The molecule has 1 aromatic rings. The maximum atomic E-state index is 11.3. The lowest BCUT2D eigenvalue weighted by atomic mass is 9.98. The highest BCUT2D eigenvalue weighted by molar-refractivity contribution is 5.82. The lowest BCUT2D eigenvalue weighted by Crippen LogP contribution is -2.42. The number of nitrogens with one attached hydrogen (secondary N) is 1. The number of carboxylic acid groups (broad SMARTS) is 1. The number of nitro benzene ring substituents is 1. The van der Waals surface area contributed by atoms with Crippen LogP contribution < -0.4 is 10.1 Å². The Kier molecular flexibility index (Phi) is 5.12. The van der Waals surface area contributed by atoms with Crippen LogP contribution in [-0.4, -0.2) is 27.6 Å². The predicted molar refractivity (Wildman–Crippen MR) is 78.8 cm³/mol. The molecule has 1 unspecified atom stereocenters. The first-order chi connectivity index (χ1) is 9.69. The number of anilines is 1. The van der Waals surface area contributed by atoms with Crippen LogP contribution in [0.25, 0.3) is 0 Å². The van der Waals surface area contributed by atoms with E-state index in [-0.39, 0.29) is 17.5 Å². The molecular weight excluding hydrogens is 276 g/mol. The van der Waals surface area contributed by atoms with Crippen LogP contribution in [0.2, 0.25) is 0 Å². The van der Waals surface area contributed by atoms with E-state index in [0.717, 1.165) is 0 Å². The molecule has 0 aromatic heterocycles. The predicted octanol–water partition coefficient (Wildman–Crippen LogP) is 3.05. The molecule has 1 rings (SSSR count). The number of carbonyl (C=O) groups is 1. The van der Waals surface area contributed by atoms with Gasteiger partial charge in [-0.1, -0.05) is 6.92 Å². The van der Waals surface area contributed by atoms with E-state index in [1.54, 1.807) is 27.7 Å². The number of benzene rings is 1. The van der Waals surface area contributed by atoms with Crippen molar-refractivity contribution >= 4 is 17.3 Å². The molecule has 0 saturated heterocycles. The summed E-state index contributed by atoms with van der Waals surface area (Å²) in [5, 5.41) is 23.1. The number of hydrogen-bond donors (Lipinski definition) is 2. The third kappa shape index (κ3) is 4.08. The van der Waals surface area contributed by atoms with Crippen LogP contribution in [0.5, 0.6) is 5.75 Å². The van der Waals surface area contributed by atoms with Crippen molar-refractivity contribution in [2.24, 2.45) is 0 Å². The molecule has 0 bridgehead atoms. The smallest absolute Gasteiger partial charge is 0.329 e. The van der Waals surface area contributed by atoms with Gasteiger partial charge in [-0.05, 0) is 33.3 Å². The first-order valence-electron chi connectivity index (χ1n) is 6.66. The van der Waals surface area contributed by atoms with Gasteiger partial charge in [0.25, 0.3) is 0 Å². The summed E-state index contributed by atoms with van der Waals surface area (Å²) in [5.74, 6) is -0.876. The zero-order chi connectivity index (χ0) is 16.2. The average Bonchev–Trinajstić information content (AvgIpc) is 2.37. The topological polar surface area (TPSA) is 102 Å². The summed E-state index contributed by atoms with van der Waals surface area (Å²) in [4.78, 5) is 21.7. The Morgan fingerprint density at radius 2 is 2.14 bits per heavy atom. The van der Waals surface area contributed by atoms with Gasteiger partial charge in [-0.25, -0.2) is 4.79 Å². The molecule has 0 aliphatic rings. The van der Waals surface area contributed by atoms with Gasteiger partial charge in [0.2, 0.25) is 0 Å². The second-order valence-corrected chi connectivity index (χ2v) is 5.22. The van der Waals surface area contributed by atoms with Crippen molar-refractivity contribution in [1.29, 1.82) is 0 Å². The molecule has 0 heterocycles. The van der Waals surface area contributed by atoms with Crippen LogP contribution >= 0.6 is 0 Å². The molecule has 7 heteroatoms. The second kappa shape index (κ2) is 6.43. The molecule has 1 atom stereocenters. The summed E-state index contributed by atoms with van der Waals surface area (Å²) in [6, 6.07) is 4.23. The van der Waals surface area contributed by atoms with Gasteiger partial charge >= 0.3 is 11.7 Å². The van der Waals surface area contributed by atoms with Gasteiger partial charge in [0.15, 0.2) is 5.75 Å². The Balaban J connectivity index is 3.16. The first kappa shape index (κ1) is 16.7. The van der Waals surface area contributed by atoms with E-state index in [1.165, 1.54) is 18.2 Å². The number of nitrogens with zero attached hydrogens (tertiary/aromatic N) is 1. The summed E-state index contributed by atoms with van der Waals surface area (Å²) in [6.07, 6.45) is 0.135. The van der Waals surface area contributed by atoms with Crippen molar-refractivity contribution in [2.45, 2.75) is 45.8 Å². The Morgan fingerprint density at radius 3 is 2.57 bits per heavy atom. The van der Waals surface area contributed by atoms with Gasteiger partial charge in [0, 0.05) is 17.8 Å². The minimum Gasteiger partial charge on any atom is -0.484 e. The highest BCUT2D eigenvalue weighted by atomic mass is 16.6. The van der Waals surface area contributed by atoms with Crippen LogP contribution in [0, 0.1) is 10.1 Å². The molecule has 21 heavy (non-hydrogen) atoms. The Hall–Kier alpha value is -2.31. The van der Waals surface area contributed by atoms with Crippen LogP contribution in [0.4, 0.5) is 11.4 Å². The van der Waals surface area contributed by atoms with E-state index >= 15 is 0 Å². The average molecular weight is 296 g/mol. The molecule has 0 amide bonds. The zero-order valence-electron chi connectivity index (χ0n) is 12.5. The third-order valence-corrected chi connectivity index (χ3v) is 3.12. The molecule has 2 N–H and O–H groups in total. The molecule has 0 aliphatic heterocycles. The maximum Gasteiger partial charge on any atom is 0.329 e. The molecule has 0 fully saturated rings. The Morgan fingerprint density at radius 1 is 1.52 bits per heavy atom. The third-order valence-electron chi connectivity index (χ3n) is 3.12. The lowest BCUT2D eigenvalue weighted by molar-refractivity contribution is -0.386. The van der Waals surface area contributed by atoms with E-state index in [4.69, 9.17) is 4.74 Å². The van der Waals surface area contributed by atoms with E-state index in [1.807, 2.05) is 0 Å². The number of nitro groups is 1. The fraction of sp³-hybridized carbons (Fsp3) is 0.500. The van der Waals surface area contributed by atoms with Crippen molar-refractivity contribution < 1.29 is 19.6 Å². The Labute approximate surface area is 123 Å². The maximum absolute atomic E-state index is 11.3. The minimum absolute atomic E-state index is 0.115. The van der Waals surface area contributed by atoms with Crippen molar-refractivity contribution in [2.75, 3.05) is 5.32 Å². The molecular formula is C14H20N2O5. The number of aliphatic carboxylic acids is 1. The fourth-order valence-corrected chi connectivity index (χ4v) is 1.70. The van der Waals surface area contributed by atoms with Gasteiger partial charge in [-0.3, -0.25) is 10.1 Å². The van der Waals surface area contributed by atoms with Crippen LogP contribution in [0.15, 0.2) is 18.2 Å². The molecule has 0 radical (unpaired) electrons. The summed E-state index contributed by atoms with van der Waals surface area (Å²) in [5.41, 5.74) is -0.837. The van der Waals surface area contributed by atoms with E-state index in [9.17, 15) is 20.0 Å². The van der Waals surface area contributed by atoms with Gasteiger partial charge in [0.1, 0.15) is 5.54 Å². The normalized spacial score (nSPS) is 13.6. The monoisotopic (exact) mass is 296 g/mol. The summed E-state index contributed by atoms with van der Waals surface area (Å²) in [6.45, 7) is 6.83. The zero-order valence-corrected chi connectivity index (χ0v) is 12.5. The molecule has 1 aromatic carbocycles. The summed E-state index contributed by atoms with van der Waals surface area (Å²) < 4.78 is 5.43. The van der Waals surface area contributed by atoms with Crippen molar-refractivity contribution in [1.82, 2.24) is 0 Å². The molecule has 116 valence electrons. The summed E-state index contributed by atoms with van der Waals surface area (Å²) >= 11 is 0. The number of rotatable bonds is 7. The molecule has 0 aliphatic carbocycles. The molecule has 0 spiro atoms. The minimum atomic E-state index is -1.15. The van der Waals surface area contributed by atoms with Crippen molar-refractivity contribution in [3.63, 3.8) is 0 Å². The first-order valence-corrected chi connectivity index (χ1v) is 6.66. The number of hydrogen-bond acceptors (Lipinski definition) is 5. The van der Waals surface area contributed by atoms with Crippen LogP contribution in [-0.2, 0) is 4.79 Å². The largest absolute Gasteiger partial charge is 0.484 e. The van der Waals surface area contributed by atoms with Gasteiger partial charge in [-0.2, -0.15) is 0 Å². The van der Waals surface area contributed by atoms with Gasteiger partial charge in [-0.15, -0.1) is 0 Å². The van der Waals surface area contributed by atoms with Gasteiger partial charge < -0.3 is 15.2 Å². The SMILES string of the molecule is CCC(C)(Nc1ccc([N+](=O)[O-])c(OC(C)C)c1)C(=O)O. The van der Waals surface area contributed by atoms with Crippen LogP contribution in [0.3, 0.4) is 0 Å². The van der Waals surface area contributed by atoms with Crippen molar-refractivity contribution in [3.8, 4) is 5.75 Å². The molecule has 0 saturated carbocycles. The van der Waals surface area contributed by atoms with E-state index in [2.05, 4.69) is 5.32 Å². The lowest BCUT2D eigenvalue weighted by Gasteiger charge is -2.26.